The summed E-state index contributed by atoms with van der Waals surface area (Å²) in [6, 6.07) is -1.92. The van der Waals surface area contributed by atoms with Gasteiger partial charge in [0.05, 0.1) is 10.5 Å². The van der Waals surface area contributed by atoms with Gasteiger partial charge in [0.2, 0.25) is 0 Å². The van der Waals surface area contributed by atoms with Crippen molar-refractivity contribution in [2.45, 2.75) is 0 Å². The molecule has 1 aromatic carbocycles. The summed E-state index contributed by atoms with van der Waals surface area (Å²) in [5.41, 5.74) is -2.36. The zero-order chi connectivity index (χ0) is 11.6. The Balaban J connectivity index is 3.40. The van der Waals surface area contributed by atoms with Crippen molar-refractivity contribution in [1.82, 2.24) is 0 Å². The van der Waals surface area contributed by atoms with Crippen molar-refractivity contribution in [2.24, 2.45) is 0 Å². The molecule has 0 saturated heterocycles. The van der Waals surface area contributed by atoms with Crippen LogP contribution >= 0.6 is 0 Å². The highest BCUT2D eigenvalue weighted by Crippen LogP contribution is 2.21. The van der Waals surface area contributed by atoms with E-state index >= 15 is 0 Å². The summed E-state index contributed by atoms with van der Waals surface area (Å²) in [5.74, 6) is 0. The Hall–Kier alpha value is -2.18. The molecule has 0 N–H and O–H groups in total. The Morgan fingerprint density at radius 3 is 2.20 bits per heavy atom. The van der Waals surface area contributed by atoms with E-state index in [-0.39, 0.29) is 0 Å². The van der Waals surface area contributed by atoms with Gasteiger partial charge in [-0.2, -0.15) is 8.78 Å². The minimum Gasteiger partial charge on any atom is -0.258 e. The standard InChI is InChI=1S/C8H3F2NO4/c9-7(12)4-1-2-5(8(10)13)6(3-4)11(14)15/h1-3H. The molecule has 78 valence electrons. The Morgan fingerprint density at radius 1 is 1.20 bits per heavy atom. The lowest BCUT2D eigenvalue weighted by molar-refractivity contribution is -0.385. The van der Waals surface area contributed by atoms with Gasteiger partial charge >= 0.3 is 12.1 Å². The molecule has 0 atom stereocenters. The zero-order valence-electron chi connectivity index (χ0n) is 7.07. The molecular formula is C8H3F2NO4. The highest BCUT2D eigenvalue weighted by Gasteiger charge is 2.22. The van der Waals surface area contributed by atoms with Crippen molar-refractivity contribution >= 4 is 17.8 Å². The van der Waals surface area contributed by atoms with Gasteiger partial charge in [0, 0.05) is 6.07 Å². The van der Waals surface area contributed by atoms with E-state index < -0.39 is 33.8 Å². The van der Waals surface area contributed by atoms with E-state index in [1.807, 2.05) is 0 Å². The van der Waals surface area contributed by atoms with Gasteiger partial charge in [0.15, 0.2) is 0 Å². The number of nitrogens with zero attached hydrogens (tertiary/aromatic N) is 1. The van der Waals surface area contributed by atoms with Gasteiger partial charge < -0.3 is 0 Å². The summed E-state index contributed by atoms with van der Waals surface area (Å²) in [7, 11) is 0. The van der Waals surface area contributed by atoms with Crippen LogP contribution in [0.2, 0.25) is 0 Å². The van der Waals surface area contributed by atoms with Crippen LogP contribution in [0.5, 0.6) is 0 Å². The van der Waals surface area contributed by atoms with Gasteiger partial charge in [-0.25, -0.2) is 0 Å². The molecule has 0 saturated carbocycles. The van der Waals surface area contributed by atoms with Crippen LogP contribution in [0.4, 0.5) is 14.5 Å². The highest BCUT2D eigenvalue weighted by atomic mass is 19.1. The molecule has 0 aromatic heterocycles. The van der Waals surface area contributed by atoms with E-state index in [4.69, 9.17) is 0 Å². The average Bonchev–Trinajstić information content (AvgIpc) is 2.16. The lowest BCUT2D eigenvalue weighted by atomic mass is 10.1. The Kier molecular flexibility index (Phi) is 2.84. The maximum Gasteiger partial charge on any atom is 0.339 e. The zero-order valence-corrected chi connectivity index (χ0v) is 7.07. The van der Waals surface area contributed by atoms with Gasteiger partial charge in [-0.15, -0.1) is 0 Å². The van der Waals surface area contributed by atoms with Gasteiger partial charge in [0.25, 0.3) is 5.69 Å². The predicted octanol–water partition coefficient (Wildman–Crippen LogP) is 1.81. The number of hydrogen-bond acceptors (Lipinski definition) is 4. The molecule has 1 rings (SSSR count). The molecule has 0 fully saturated rings. The molecule has 0 amide bonds. The number of nitro benzene ring substituents is 1. The number of nitro groups is 1. The normalized spacial score (nSPS) is 9.73. The van der Waals surface area contributed by atoms with Crippen LogP contribution in [0.1, 0.15) is 20.7 Å². The van der Waals surface area contributed by atoms with E-state index in [2.05, 4.69) is 0 Å². The summed E-state index contributed by atoms with van der Waals surface area (Å²) in [5, 5.41) is 10.4. The highest BCUT2D eigenvalue weighted by molar-refractivity contribution is 5.96. The summed E-state index contributed by atoms with van der Waals surface area (Å²) in [4.78, 5) is 29.8. The fourth-order valence-electron chi connectivity index (χ4n) is 0.971. The SMILES string of the molecule is O=C(F)c1ccc(C(=O)F)c([N+](=O)[O-])c1. The fourth-order valence-corrected chi connectivity index (χ4v) is 0.971. The minimum atomic E-state index is -2.01. The molecule has 0 heterocycles. The number of carbonyl (C=O) groups is 2. The van der Waals surface area contributed by atoms with Crippen LogP contribution in [0.15, 0.2) is 18.2 Å². The summed E-state index contributed by atoms with van der Waals surface area (Å²) >= 11 is 0. The quantitative estimate of drug-likeness (QED) is 0.437. The fraction of sp³-hybridized carbons (Fsp3) is 0. The topological polar surface area (TPSA) is 77.3 Å². The van der Waals surface area contributed by atoms with E-state index in [9.17, 15) is 28.5 Å². The third kappa shape index (κ3) is 2.19. The lowest BCUT2D eigenvalue weighted by Crippen LogP contribution is -2.01. The van der Waals surface area contributed by atoms with Crippen molar-refractivity contribution in [3.8, 4) is 0 Å². The van der Waals surface area contributed by atoms with Crippen LogP contribution in [-0.4, -0.2) is 17.0 Å². The van der Waals surface area contributed by atoms with Crippen molar-refractivity contribution in [3.05, 3.63) is 39.4 Å². The Bertz CT molecular complexity index is 458. The third-order valence-corrected chi connectivity index (χ3v) is 1.63. The monoisotopic (exact) mass is 215 g/mol. The maximum absolute atomic E-state index is 12.3. The maximum atomic E-state index is 12.3. The second-order valence-electron chi connectivity index (χ2n) is 2.54. The number of carbonyl (C=O) groups excluding carboxylic acids is 2. The second-order valence-corrected chi connectivity index (χ2v) is 2.54. The van der Waals surface area contributed by atoms with Crippen molar-refractivity contribution in [1.29, 1.82) is 0 Å². The Labute approximate surface area is 81.5 Å². The average molecular weight is 215 g/mol. The molecule has 0 bridgehead atoms. The smallest absolute Gasteiger partial charge is 0.258 e. The van der Waals surface area contributed by atoms with E-state index in [1.165, 1.54) is 0 Å². The lowest BCUT2D eigenvalue weighted by Gasteiger charge is -1.97. The first kappa shape index (κ1) is 10.9. The first-order valence-corrected chi connectivity index (χ1v) is 3.61. The van der Waals surface area contributed by atoms with Crippen molar-refractivity contribution in [2.75, 3.05) is 0 Å². The second kappa shape index (κ2) is 3.91. The molecule has 1 aromatic rings. The predicted molar refractivity (Wildman–Crippen MR) is 44.0 cm³/mol. The molecule has 5 nitrogen and oxygen atoms in total. The molecule has 0 unspecified atom stereocenters. The largest absolute Gasteiger partial charge is 0.339 e. The van der Waals surface area contributed by atoms with Crippen LogP contribution in [0.3, 0.4) is 0 Å². The van der Waals surface area contributed by atoms with Crippen LogP contribution in [0.25, 0.3) is 0 Å². The van der Waals surface area contributed by atoms with Gasteiger partial charge in [-0.1, -0.05) is 0 Å². The van der Waals surface area contributed by atoms with E-state index in [1.54, 1.807) is 0 Å². The third-order valence-electron chi connectivity index (χ3n) is 1.63. The number of rotatable bonds is 3. The molecule has 7 heteroatoms. The number of hydrogen-bond donors (Lipinski definition) is 0. The van der Waals surface area contributed by atoms with Crippen LogP contribution in [-0.2, 0) is 0 Å². The Morgan fingerprint density at radius 2 is 1.80 bits per heavy atom. The molecule has 0 radical (unpaired) electrons. The molecule has 0 aliphatic carbocycles. The van der Waals surface area contributed by atoms with Crippen LogP contribution in [0, 0.1) is 10.1 Å². The molecular weight excluding hydrogens is 212 g/mol. The summed E-state index contributed by atoms with van der Waals surface area (Å²) < 4.78 is 24.4. The first-order chi connectivity index (χ1) is 6.93. The molecule has 0 aliphatic heterocycles. The van der Waals surface area contributed by atoms with Gasteiger partial charge in [-0.3, -0.25) is 19.7 Å². The van der Waals surface area contributed by atoms with Crippen molar-refractivity contribution in [3.63, 3.8) is 0 Å². The van der Waals surface area contributed by atoms with E-state index in [0.29, 0.717) is 12.1 Å². The van der Waals surface area contributed by atoms with Crippen LogP contribution < -0.4 is 0 Å². The molecule has 0 aliphatic rings. The van der Waals surface area contributed by atoms with Gasteiger partial charge in [0.1, 0.15) is 5.56 Å². The summed E-state index contributed by atoms with van der Waals surface area (Å²) in [6.45, 7) is 0. The number of benzene rings is 1. The minimum absolute atomic E-state index is 0.509. The van der Waals surface area contributed by atoms with Gasteiger partial charge in [-0.05, 0) is 12.1 Å². The van der Waals surface area contributed by atoms with E-state index in [0.717, 1.165) is 6.07 Å². The first-order valence-electron chi connectivity index (χ1n) is 3.61. The number of halogens is 2. The molecule has 15 heavy (non-hydrogen) atoms. The van der Waals surface area contributed by atoms with Crippen molar-refractivity contribution < 1.29 is 23.3 Å². The summed E-state index contributed by atoms with van der Waals surface area (Å²) in [6.07, 6.45) is 0. The molecule has 0 spiro atoms.